The highest BCUT2D eigenvalue weighted by molar-refractivity contribution is 7.89. The number of aromatic nitrogens is 2. The maximum atomic E-state index is 11.9. The van der Waals surface area contributed by atoms with Gasteiger partial charge in [0.1, 0.15) is 4.90 Å². The Morgan fingerprint density at radius 2 is 2.16 bits per heavy atom. The molecular weight excluding hydrogens is 270 g/mol. The number of carbonyl (C=O) groups is 1. The average Bonchev–Trinajstić information content (AvgIpc) is 2.57. The predicted molar refractivity (Wildman–Crippen MR) is 70.7 cm³/mol. The topological polar surface area (TPSA) is 119 Å². The maximum Gasteiger partial charge on any atom is 0.245 e. The molecule has 0 aliphatic carbocycles. The molecule has 0 aliphatic rings. The molecule has 0 aromatic carbocycles. The Kier molecular flexibility index (Phi) is 4.90. The van der Waals surface area contributed by atoms with Gasteiger partial charge in [-0.15, -0.1) is 0 Å². The molecule has 19 heavy (non-hydrogen) atoms. The molecule has 0 atom stereocenters. The Morgan fingerprint density at radius 1 is 1.53 bits per heavy atom. The van der Waals surface area contributed by atoms with Crippen LogP contribution in [0.5, 0.6) is 0 Å². The molecule has 0 saturated heterocycles. The lowest BCUT2D eigenvalue weighted by atomic mass is 10.3. The van der Waals surface area contributed by atoms with E-state index in [0.717, 1.165) is 0 Å². The molecule has 0 radical (unpaired) electrons. The van der Waals surface area contributed by atoms with Gasteiger partial charge in [-0.05, 0) is 13.8 Å². The number of carbonyl (C=O) groups excluding carboxylic acids is 1. The lowest BCUT2D eigenvalue weighted by molar-refractivity contribution is -0.121. The van der Waals surface area contributed by atoms with Gasteiger partial charge in [-0.1, -0.05) is 0 Å². The molecule has 1 heterocycles. The van der Waals surface area contributed by atoms with Crippen LogP contribution in [-0.2, 0) is 21.9 Å². The molecule has 1 aromatic rings. The highest BCUT2D eigenvalue weighted by Gasteiger charge is 2.20. The summed E-state index contributed by atoms with van der Waals surface area (Å²) < 4.78 is 27.4. The normalized spacial score (nSPS) is 11.8. The van der Waals surface area contributed by atoms with Gasteiger partial charge in [0, 0.05) is 32.3 Å². The summed E-state index contributed by atoms with van der Waals surface area (Å²) >= 11 is 0. The number of nitrogens with two attached hydrogens (primary N) is 1. The molecule has 4 N–H and O–H groups in total. The number of nitrogens with one attached hydrogen (secondary N) is 2. The zero-order valence-electron chi connectivity index (χ0n) is 11.2. The van der Waals surface area contributed by atoms with E-state index in [4.69, 9.17) is 5.73 Å². The van der Waals surface area contributed by atoms with E-state index in [1.54, 1.807) is 7.05 Å². The number of sulfonamides is 1. The molecule has 9 heteroatoms. The van der Waals surface area contributed by atoms with Gasteiger partial charge in [0.05, 0.1) is 0 Å². The summed E-state index contributed by atoms with van der Waals surface area (Å²) in [6.07, 6.45) is 1.38. The van der Waals surface area contributed by atoms with Crippen LogP contribution >= 0.6 is 0 Å². The van der Waals surface area contributed by atoms with Crippen molar-refractivity contribution in [3.05, 3.63) is 6.20 Å². The van der Waals surface area contributed by atoms with Crippen LogP contribution in [0.4, 0.5) is 5.82 Å². The van der Waals surface area contributed by atoms with Gasteiger partial charge >= 0.3 is 0 Å². The second-order valence-electron chi connectivity index (χ2n) is 4.42. The molecule has 1 amide bonds. The van der Waals surface area contributed by atoms with Crippen molar-refractivity contribution < 1.29 is 13.2 Å². The van der Waals surface area contributed by atoms with Gasteiger partial charge < -0.3 is 11.1 Å². The fraction of sp³-hybridized carbons (Fsp3) is 0.600. The van der Waals surface area contributed by atoms with Crippen molar-refractivity contribution in [2.24, 2.45) is 7.05 Å². The van der Waals surface area contributed by atoms with Crippen molar-refractivity contribution in [3.8, 4) is 0 Å². The van der Waals surface area contributed by atoms with Crippen LogP contribution in [0.3, 0.4) is 0 Å². The molecule has 8 nitrogen and oxygen atoms in total. The summed E-state index contributed by atoms with van der Waals surface area (Å²) in [7, 11) is -2.16. The first-order chi connectivity index (χ1) is 8.72. The van der Waals surface area contributed by atoms with Crippen LogP contribution in [0.1, 0.15) is 20.3 Å². The first kappa shape index (κ1) is 15.4. The van der Waals surface area contributed by atoms with Crippen LogP contribution in [0.15, 0.2) is 11.1 Å². The lowest BCUT2D eigenvalue weighted by Crippen LogP contribution is -2.34. The first-order valence-electron chi connectivity index (χ1n) is 5.80. The van der Waals surface area contributed by atoms with Crippen LogP contribution in [0.2, 0.25) is 0 Å². The fourth-order valence-electron chi connectivity index (χ4n) is 1.46. The fourth-order valence-corrected chi connectivity index (χ4v) is 2.60. The number of anilines is 1. The SMILES string of the molecule is CC(C)NC(=O)CCNS(=O)(=O)c1cn(C)nc1N. The second kappa shape index (κ2) is 6.02. The number of hydrogen-bond donors (Lipinski definition) is 3. The van der Waals surface area contributed by atoms with Gasteiger partial charge in [-0.2, -0.15) is 5.10 Å². The molecule has 1 rings (SSSR count). The number of aryl methyl sites for hydroxylation is 1. The third-order valence-corrected chi connectivity index (χ3v) is 3.68. The van der Waals surface area contributed by atoms with Crippen LogP contribution in [-0.4, -0.2) is 36.7 Å². The van der Waals surface area contributed by atoms with E-state index in [0.29, 0.717) is 0 Å². The number of nitrogen functional groups attached to an aromatic ring is 1. The molecular formula is C10H19N5O3S. The molecule has 108 valence electrons. The lowest BCUT2D eigenvalue weighted by Gasteiger charge is -2.08. The van der Waals surface area contributed by atoms with E-state index in [2.05, 4.69) is 15.1 Å². The summed E-state index contributed by atoms with van der Waals surface area (Å²) in [5.74, 6) is -0.279. The van der Waals surface area contributed by atoms with Gasteiger partial charge in [0.25, 0.3) is 0 Å². The van der Waals surface area contributed by atoms with Crippen LogP contribution in [0, 0.1) is 0 Å². The number of rotatable bonds is 6. The standard InChI is InChI=1S/C10H19N5O3S/c1-7(2)13-9(16)4-5-12-19(17,18)8-6-15(3)14-10(8)11/h6-7,12H,4-5H2,1-3H3,(H2,11,14)(H,13,16). The second-order valence-corrected chi connectivity index (χ2v) is 6.16. The van der Waals surface area contributed by atoms with Crippen molar-refractivity contribution >= 4 is 21.7 Å². The van der Waals surface area contributed by atoms with Gasteiger partial charge in [-0.25, -0.2) is 13.1 Å². The summed E-state index contributed by atoms with van der Waals surface area (Å²) in [5, 5.41) is 6.43. The largest absolute Gasteiger partial charge is 0.381 e. The highest BCUT2D eigenvalue weighted by Crippen LogP contribution is 2.14. The minimum atomic E-state index is -3.73. The monoisotopic (exact) mass is 289 g/mol. The Morgan fingerprint density at radius 3 is 2.63 bits per heavy atom. The Bertz CT molecular complexity index is 550. The molecule has 0 unspecified atom stereocenters. The molecule has 1 aromatic heterocycles. The third-order valence-electron chi connectivity index (χ3n) is 2.21. The van der Waals surface area contributed by atoms with E-state index in [1.165, 1.54) is 10.9 Å². The van der Waals surface area contributed by atoms with E-state index >= 15 is 0 Å². The van der Waals surface area contributed by atoms with Crippen molar-refractivity contribution in [3.63, 3.8) is 0 Å². The van der Waals surface area contributed by atoms with Gasteiger partial charge in [-0.3, -0.25) is 9.48 Å². The smallest absolute Gasteiger partial charge is 0.245 e. The predicted octanol–water partition coefficient (Wildman–Crippen LogP) is -0.805. The number of amides is 1. The maximum absolute atomic E-state index is 11.9. The Balaban J connectivity index is 2.57. The number of nitrogens with zero attached hydrogens (tertiary/aromatic N) is 2. The highest BCUT2D eigenvalue weighted by atomic mass is 32.2. The zero-order chi connectivity index (χ0) is 14.6. The van der Waals surface area contributed by atoms with Crippen molar-refractivity contribution in [2.45, 2.75) is 31.2 Å². The van der Waals surface area contributed by atoms with Crippen molar-refractivity contribution in [1.82, 2.24) is 19.8 Å². The third kappa shape index (κ3) is 4.52. The molecule has 0 saturated carbocycles. The molecule has 0 fully saturated rings. The quantitative estimate of drug-likeness (QED) is 0.633. The van der Waals surface area contributed by atoms with Crippen LogP contribution in [0.25, 0.3) is 0 Å². The van der Waals surface area contributed by atoms with Crippen LogP contribution < -0.4 is 15.8 Å². The molecule has 0 bridgehead atoms. The zero-order valence-corrected chi connectivity index (χ0v) is 12.0. The van der Waals surface area contributed by atoms with Gasteiger partial charge in [0.15, 0.2) is 5.82 Å². The Labute approximate surface area is 112 Å². The molecule has 0 spiro atoms. The summed E-state index contributed by atoms with van der Waals surface area (Å²) in [6, 6.07) is 0.0260. The average molecular weight is 289 g/mol. The van der Waals surface area contributed by atoms with Crippen molar-refractivity contribution in [2.75, 3.05) is 12.3 Å². The van der Waals surface area contributed by atoms with Crippen molar-refractivity contribution in [1.29, 1.82) is 0 Å². The Hall–Kier alpha value is -1.61. The minimum Gasteiger partial charge on any atom is -0.381 e. The first-order valence-corrected chi connectivity index (χ1v) is 7.29. The summed E-state index contributed by atoms with van der Waals surface area (Å²) in [4.78, 5) is 11.3. The summed E-state index contributed by atoms with van der Waals surface area (Å²) in [5.41, 5.74) is 5.49. The minimum absolute atomic E-state index is 0.00915. The number of hydrogen-bond acceptors (Lipinski definition) is 5. The van der Waals surface area contributed by atoms with E-state index in [1.807, 2.05) is 13.8 Å². The summed E-state index contributed by atoms with van der Waals surface area (Å²) in [6.45, 7) is 3.67. The van der Waals surface area contributed by atoms with E-state index in [-0.39, 0.29) is 35.6 Å². The van der Waals surface area contributed by atoms with E-state index < -0.39 is 10.0 Å². The van der Waals surface area contributed by atoms with E-state index in [9.17, 15) is 13.2 Å². The molecule has 0 aliphatic heterocycles. The van der Waals surface area contributed by atoms with Gasteiger partial charge in [0.2, 0.25) is 15.9 Å².